The first kappa shape index (κ1) is 21.1. The van der Waals surface area contributed by atoms with Gasteiger partial charge in [-0.1, -0.05) is 6.07 Å². The molecule has 164 valence electrons. The number of amides is 3. The normalized spacial score (nSPS) is 18.1. The van der Waals surface area contributed by atoms with E-state index in [0.717, 1.165) is 55.3 Å². The van der Waals surface area contributed by atoms with Crippen molar-refractivity contribution in [1.29, 1.82) is 0 Å². The number of nitrogens with one attached hydrogen (secondary N) is 2. The second-order valence-corrected chi connectivity index (χ2v) is 10.0. The Bertz CT molecular complexity index is 906. The number of rotatable bonds is 6. The van der Waals surface area contributed by atoms with Gasteiger partial charge in [0.1, 0.15) is 0 Å². The number of anilines is 1. The van der Waals surface area contributed by atoms with Gasteiger partial charge in [0.15, 0.2) is 0 Å². The number of nitrogens with zero attached hydrogens (tertiary/aromatic N) is 1. The van der Waals surface area contributed by atoms with Gasteiger partial charge in [0.25, 0.3) is 0 Å². The number of sulfonamides is 1. The van der Waals surface area contributed by atoms with Crippen molar-refractivity contribution in [3.63, 3.8) is 0 Å². The fourth-order valence-corrected chi connectivity index (χ4v) is 5.64. The zero-order valence-electron chi connectivity index (χ0n) is 17.2. The van der Waals surface area contributed by atoms with E-state index in [4.69, 9.17) is 4.74 Å². The molecular formula is C21H29N3O5S. The summed E-state index contributed by atoms with van der Waals surface area (Å²) >= 11 is 0. The molecule has 1 saturated heterocycles. The van der Waals surface area contributed by atoms with Gasteiger partial charge in [-0.15, -0.1) is 0 Å². The minimum atomic E-state index is -3.81. The molecule has 0 saturated carbocycles. The quantitative estimate of drug-likeness (QED) is 0.708. The van der Waals surface area contributed by atoms with Crippen molar-refractivity contribution in [2.24, 2.45) is 0 Å². The van der Waals surface area contributed by atoms with Crippen LogP contribution < -0.4 is 10.0 Å². The van der Waals surface area contributed by atoms with Crippen LogP contribution in [0.25, 0.3) is 0 Å². The van der Waals surface area contributed by atoms with Crippen molar-refractivity contribution in [1.82, 2.24) is 9.62 Å². The molecule has 2 N–H and O–H groups in total. The highest BCUT2D eigenvalue weighted by Gasteiger charge is 2.26. The Morgan fingerprint density at radius 2 is 1.63 bits per heavy atom. The van der Waals surface area contributed by atoms with Crippen LogP contribution in [-0.4, -0.2) is 57.3 Å². The van der Waals surface area contributed by atoms with Gasteiger partial charge in [-0.25, -0.2) is 17.9 Å². The van der Waals surface area contributed by atoms with E-state index < -0.39 is 16.1 Å². The molecule has 1 aromatic rings. The van der Waals surface area contributed by atoms with E-state index in [1.807, 2.05) is 0 Å². The highest BCUT2D eigenvalue weighted by molar-refractivity contribution is 7.90. The number of urea groups is 1. The molecule has 4 rings (SSSR count). The first-order chi connectivity index (χ1) is 14.4. The fourth-order valence-electron chi connectivity index (χ4n) is 4.68. The summed E-state index contributed by atoms with van der Waals surface area (Å²) in [6.07, 6.45) is 6.27. The number of hydrogen-bond donors (Lipinski definition) is 2. The smallest absolute Gasteiger partial charge is 0.332 e. The maximum atomic E-state index is 12.5. The summed E-state index contributed by atoms with van der Waals surface area (Å²) < 4.78 is 32.0. The molecule has 2 aliphatic carbocycles. The Kier molecular flexibility index (Phi) is 6.29. The predicted octanol–water partition coefficient (Wildman–Crippen LogP) is 1.75. The van der Waals surface area contributed by atoms with Crippen LogP contribution in [0.1, 0.15) is 47.9 Å². The summed E-state index contributed by atoms with van der Waals surface area (Å²) in [5, 5.41) is 2.83. The average Bonchev–Trinajstić information content (AvgIpc) is 3.37. The minimum Gasteiger partial charge on any atom is -0.378 e. The standard InChI is InChI=1S/C21H29N3O5S/c25-19(24-9-11-29-12-10-24)8-3-13-30(27,28)23-21(26)22-20-17-6-1-4-15(17)14-16-5-2-7-18(16)20/h14H,1-13H2,(H2,22,23,26). The van der Waals surface area contributed by atoms with E-state index >= 15 is 0 Å². The van der Waals surface area contributed by atoms with Gasteiger partial charge in [0.2, 0.25) is 15.9 Å². The van der Waals surface area contributed by atoms with Crippen LogP contribution in [0.2, 0.25) is 0 Å². The maximum absolute atomic E-state index is 12.5. The zero-order chi connectivity index (χ0) is 21.1. The van der Waals surface area contributed by atoms with E-state index in [-0.39, 0.29) is 24.5 Å². The minimum absolute atomic E-state index is 0.0756. The molecule has 8 nitrogen and oxygen atoms in total. The molecule has 0 aromatic heterocycles. The molecule has 9 heteroatoms. The topological polar surface area (TPSA) is 105 Å². The van der Waals surface area contributed by atoms with Crippen molar-refractivity contribution in [2.75, 3.05) is 37.4 Å². The summed E-state index contributed by atoms with van der Waals surface area (Å²) in [6, 6.07) is 1.54. The molecule has 1 heterocycles. The summed E-state index contributed by atoms with van der Waals surface area (Å²) in [7, 11) is -3.81. The highest BCUT2D eigenvalue weighted by atomic mass is 32.2. The summed E-state index contributed by atoms with van der Waals surface area (Å²) in [6.45, 7) is 2.10. The number of carbonyl (C=O) groups is 2. The molecule has 0 bridgehead atoms. The number of morpholine rings is 1. The predicted molar refractivity (Wildman–Crippen MR) is 113 cm³/mol. The summed E-state index contributed by atoms with van der Waals surface area (Å²) in [5.41, 5.74) is 5.66. The van der Waals surface area contributed by atoms with Crippen molar-refractivity contribution in [3.05, 3.63) is 28.3 Å². The third kappa shape index (κ3) is 4.78. The van der Waals surface area contributed by atoms with E-state index in [1.54, 1.807) is 4.90 Å². The van der Waals surface area contributed by atoms with Crippen molar-refractivity contribution in [3.8, 4) is 0 Å². The molecule has 1 aromatic carbocycles. The molecule has 0 unspecified atom stereocenters. The lowest BCUT2D eigenvalue weighted by molar-refractivity contribution is -0.135. The molecule has 0 atom stereocenters. The van der Waals surface area contributed by atoms with Crippen LogP contribution in [0.15, 0.2) is 6.07 Å². The lowest BCUT2D eigenvalue weighted by Gasteiger charge is -2.26. The van der Waals surface area contributed by atoms with E-state index in [9.17, 15) is 18.0 Å². The van der Waals surface area contributed by atoms with Gasteiger partial charge in [-0.05, 0) is 67.2 Å². The van der Waals surface area contributed by atoms with Crippen molar-refractivity contribution in [2.45, 2.75) is 51.4 Å². The summed E-state index contributed by atoms with van der Waals surface area (Å²) in [5.74, 6) is -0.338. The van der Waals surface area contributed by atoms with Gasteiger partial charge in [0, 0.05) is 25.2 Å². The maximum Gasteiger partial charge on any atom is 0.332 e. The van der Waals surface area contributed by atoms with Crippen LogP contribution >= 0.6 is 0 Å². The molecule has 3 aliphatic rings. The Morgan fingerprint density at radius 1 is 1.00 bits per heavy atom. The molecule has 30 heavy (non-hydrogen) atoms. The van der Waals surface area contributed by atoms with Crippen LogP contribution in [-0.2, 0) is 45.2 Å². The SMILES string of the molecule is O=C(Nc1c2c(cc3c1CCC3)CCC2)NS(=O)(=O)CCCC(=O)N1CCOCC1. The monoisotopic (exact) mass is 435 g/mol. The second kappa shape index (κ2) is 8.93. The lowest BCUT2D eigenvalue weighted by Crippen LogP contribution is -2.41. The van der Waals surface area contributed by atoms with Gasteiger partial charge in [0.05, 0.1) is 19.0 Å². The van der Waals surface area contributed by atoms with Crippen LogP contribution in [0.5, 0.6) is 0 Å². The fraction of sp³-hybridized carbons (Fsp3) is 0.619. The molecule has 0 spiro atoms. The third-order valence-electron chi connectivity index (χ3n) is 6.13. The number of carbonyl (C=O) groups excluding carboxylic acids is 2. The summed E-state index contributed by atoms with van der Waals surface area (Å²) in [4.78, 5) is 26.3. The van der Waals surface area contributed by atoms with Crippen molar-refractivity contribution >= 4 is 27.6 Å². The van der Waals surface area contributed by atoms with E-state index in [2.05, 4.69) is 16.1 Å². The van der Waals surface area contributed by atoms with E-state index in [0.29, 0.717) is 26.3 Å². The zero-order valence-corrected chi connectivity index (χ0v) is 18.0. The third-order valence-corrected chi connectivity index (χ3v) is 7.45. The van der Waals surface area contributed by atoms with Gasteiger partial charge < -0.3 is 15.0 Å². The first-order valence-corrected chi connectivity index (χ1v) is 12.4. The Hall–Kier alpha value is -2.13. The largest absolute Gasteiger partial charge is 0.378 e. The Balaban J connectivity index is 1.32. The van der Waals surface area contributed by atoms with Crippen LogP contribution in [0.4, 0.5) is 10.5 Å². The van der Waals surface area contributed by atoms with Gasteiger partial charge in [-0.2, -0.15) is 0 Å². The van der Waals surface area contributed by atoms with Crippen LogP contribution in [0, 0.1) is 0 Å². The number of hydrogen-bond acceptors (Lipinski definition) is 5. The number of aryl methyl sites for hydroxylation is 2. The molecular weight excluding hydrogens is 406 g/mol. The van der Waals surface area contributed by atoms with Crippen molar-refractivity contribution < 1.29 is 22.7 Å². The van der Waals surface area contributed by atoms with Gasteiger partial charge in [-0.3, -0.25) is 4.79 Å². The molecule has 3 amide bonds. The molecule has 1 fully saturated rings. The average molecular weight is 436 g/mol. The van der Waals surface area contributed by atoms with Gasteiger partial charge >= 0.3 is 6.03 Å². The first-order valence-electron chi connectivity index (χ1n) is 10.8. The lowest BCUT2D eigenvalue weighted by atomic mass is 9.99. The molecule has 0 radical (unpaired) electrons. The Morgan fingerprint density at radius 3 is 2.27 bits per heavy atom. The number of benzene rings is 1. The molecule has 1 aliphatic heterocycles. The number of fused-ring (bicyclic) bond motifs is 2. The highest BCUT2D eigenvalue weighted by Crippen LogP contribution is 2.38. The van der Waals surface area contributed by atoms with E-state index in [1.165, 1.54) is 11.1 Å². The second-order valence-electron chi connectivity index (χ2n) is 8.21. The van der Waals surface area contributed by atoms with Crippen LogP contribution in [0.3, 0.4) is 0 Å². The number of ether oxygens (including phenoxy) is 1. The Labute approximate surface area is 177 Å².